The molecule has 0 radical (unpaired) electrons. The van der Waals surface area contributed by atoms with Crippen LogP contribution in [0.4, 0.5) is 19.0 Å². The van der Waals surface area contributed by atoms with Crippen LogP contribution in [0, 0.1) is 0 Å². The van der Waals surface area contributed by atoms with Crippen LogP contribution in [0.2, 0.25) is 0 Å². The molecule has 0 aliphatic carbocycles. The second kappa shape index (κ2) is 8.51. The number of hydrogen-bond acceptors (Lipinski definition) is 5. The molecule has 2 aromatic heterocycles. The molecule has 0 bridgehead atoms. The maximum atomic E-state index is 12.9. The number of hydrogen-bond donors (Lipinski definition) is 2. The number of alkyl halides is 3. The van der Waals surface area contributed by atoms with Crippen molar-refractivity contribution < 1.29 is 18.0 Å². The van der Waals surface area contributed by atoms with Gasteiger partial charge in [0.25, 0.3) is 5.91 Å². The molecule has 1 amide bonds. The van der Waals surface area contributed by atoms with Crippen LogP contribution in [0.25, 0.3) is 0 Å². The van der Waals surface area contributed by atoms with E-state index in [2.05, 4.69) is 25.7 Å². The van der Waals surface area contributed by atoms with Crippen LogP contribution in [0.5, 0.6) is 0 Å². The summed E-state index contributed by atoms with van der Waals surface area (Å²) in [6.45, 7) is 0.793. The van der Waals surface area contributed by atoms with Crippen molar-refractivity contribution in [3.8, 4) is 0 Å². The number of halogens is 3. The molecule has 3 aromatic rings. The molecule has 7 nitrogen and oxygen atoms in total. The lowest BCUT2D eigenvalue weighted by atomic mass is 10.1. The number of rotatable bonds is 7. The van der Waals surface area contributed by atoms with E-state index in [-0.39, 0.29) is 24.8 Å². The fourth-order valence-electron chi connectivity index (χ4n) is 2.50. The molecule has 1 aromatic carbocycles. The fourth-order valence-corrected chi connectivity index (χ4v) is 2.50. The van der Waals surface area contributed by atoms with Crippen LogP contribution >= 0.6 is 0 Å². The summed E-state index contributed by atoms with van der Waals surface area (Å²) in [7, 11) is 0. The predicted octanol–water partition coefficient (Wildman–Crippen LogP) is 2.58. The van der Waals surface area contributed by atoms with Crippen molar-refractivity contribution in [1.29, 1.82) is 0 Å². The molecule has 2 N–H and O–H groups in total. The van der Waals surface area contributed by atoms with E-state index in [4.69, 9.17) is 0 Å². The molecule has 3 rings (SSSR count). The van der Waals surface area contributed by atoms with E-state index in [1.165, 1.54) is 18.6 Å². The van der Waals surface area contributed by atoms with E-state index in [1.807, 2.05) is 0 Å². The highest BCUT2D eigenvalue weighted by Gasteiger charge is 2.33. The van der Waals surface area contributed by atoms with Gasteiger partial charge in [-0.1, -0.05) is 12.1 Å². The van der Waals surface area contributed by atoms with Gasteiger partial charge in [-0.25, -0.2) is 14.6 Å². The van der Waals surface area contributed by atoms with E-state index in [1.54, 1.807) is 35.3 Å². The number of carbonyl (C=O) groups excluding carboxylic acids is 1. The number of pyridine rings is 1. The molecule has 0 atom stereocenters. The number of nitrogens with one attached hydrogen (secondary N) is 2. The molecule has 0 saturated heterocycles. The molecular formula is C18H17F3N6O. The lowest BCUT2D eigenvalue weighted by Crippen LogP contribution is -2.29. The molecule has 0 unspecified atom stereocenters. The Morgan fingerprint density at radius 3 is 2.57 bits per heavy atom. The van der Waals surface area contributed by atoms with Gasteiger partial charge in [-0.2, -0.15) is 18.3 Å². The zero-order chi connectivity index (χ0) is 20.0. The summed E-state index contributed by atoms with van der Waals surface area (Å²) in [6, 6.07) is 9.14. The minimum absolute atomic E-state index is 0.107. The van der Waals surface area contributed by atoms with Crippen LogP contribution < -0.4 is 10.6 Å². The molecular weight excluding hydrogens is 373 g/mol. The first-order valence-electron chi connectivity index (χ1n) is 8.39. The molecule has 0 spiro atoms. The van der Waals surface area contributed by atoms with E-state index < -0.39 is 11.7 Å². The Bertz CT molecular complexity index is 910. The van der Waals surface area contributed by atoms with Gasteiger partial charge in [0, 0.05) is 24.8 Å². The van der Waals surface area contributed by atoms with Crippen molar-refractivity contribution >= 4 is 11.7 Å². The minimum Gasteiger partial charge on any atom is -0.368 e. The van der Waals surface area contributed by atoms with Crippen LogP contribution in [0.15, 0.2) is 55.2 Å². The fraction of sp³-hybridized carbons (Fsp3) is 0.222. The Labute approximate surface area is 158 Å². The van der Waals surface area contributed by atoms with Crippen molar-refractivity contribution in [1.82, 2.24) is 25.1 Å². The molecule has 28 heavy (non-hydrogen) atoms. The van der Waals surface area contributed by atoms with Crippen molar-refractivity contribution in [2.45, 2.75) is 12.7 Å². The molecule has 146 valence electrons. The summed E-state index contributed by atoms with van der Waals surface area (Å²) < 4.78 is 40.4. The van der Waals surface area contributed by atoms with Crippen molar-refractivity contribution in [3.63, 3.8) is 0 Å². The highest BCUT2D eigenvalue weighted by Crippen LogP contribution is 2.33. The normalized spacial score (nSPS) is 11.2. The third-order valence-corrected chi connectivity index (χ3v) is 3.84. The molecule has 0 fully saturated rings. The maximum absolute atomic E-state index is 12.9. The first kappa shape index (κ1) is 19.3. The van der Waals surface area contributed by atoms with Crippen LogP contribution in [-0.4, -0.2) is 38.7 Å². The Balaban J connectivity index is 1.48. The SMILES string of the molecule is O=C(NCCNc1ncccc1C(F)(F)F)c1ccc(Cn2cncn2)cc1. The summed E-state index contributed by atoms with van der Waals surface area (Å²) in [5, 5.41) is 9.26. The van der Waals surface area contributed by atoms with Crippen LogP contribution in [0.1, 0.15) is 21.5 Å². The minimum atomic E-state index is -4.49. The summed E-state index contributed by atoms with van der Waals surface area (Å²) in [5.74, 6) is -0.576. The molecule has 2 heterocycles. The number of benzene rings is 1. The summed E-state index contributed by atoms with van der Waals surface area (Å²) >= 11 is 0. The largest absolute Gasteiger partial charge is 0.419 e. The van der Waals surface area contributed by atoms with Crippen molar-refractivity contribution in [2.24, 2.45) is 0 Å². The smallest absolute Gasteiger partial charge is 0.368 e. The highest BCUT2D eigenvalue weighted by molar-refractivity contribution is 5.94. The topological polar surface area (TPSA) is 84.7 Å². The Hall–Kier alpha value is -3.43. The van der Waals surface area contributed by atoms with Gasteiger partial charge in [0.1, 0.15) is 18.5 Å². The van der Waals surface area contributed by atoms with Crippen LogP contribution in [-0.2, 0) is 12.7 Å². The third kappa shape index (κ3) is 5.06. The second-order valence-corrected chi connectivity index (χ2v) is 5.87. The lowest BCUT2D eigenvalue weighted by Gasteiger charge is -2.13. The van der Waals surface area contributed by atoms with Gasteiger partial charge >= 0.3 is 6.18 Å². The predicted molar refractivity (Wildman–Crippen MR) is 95.6 cm³/mol. The van der Waals surface area contributed by atoms with Gasteiger partial charge in [0.05, 0.1) is 12.1 Å². The van der Waals surface area contributed by atoms with Crippen molar-refractivity contribution in [2.75, 3.05) is 18.4 Å². The average molecular weight is 390 g/mol. The molecule has 0 aliphatic rings. The average Bonchev–Trinajstić information content (AvgIpc) is 3.18. The Morgan fingerprint density at radius 1 is 1.11 bits per heavy atom. The quantitative estimate of drug-likeness (QED) is 0.606. The number of carbonyl (C=O) groups is 1. The van der Waals surface area contributed by atoms with Gasteiger partial charge in [0.15, 0.2) is 0 Å². The van der Waals surface area contributed by atoms with Gasteiger partial charge in [0.2, 0.25) is 0 Å². The molecule has 10 heteroatoms. The lowest BCUT2D eigenvalue weighted by molar-refractivity contribution is -0.137. The van der Waals surface area contributed by atoms with Gasteiger partial charge in [-0.05, 0) is 29.8 Å². The first-order valence-corrected chi connectivity index (χ1v) is 8.39. The van der Waals surface area contributed by atoms with E-state index in [9.17, 15) is 18.0 Å². The standard InChI is InChI=1S/C18H17F3N6O/c19-18(20,21)15-2-1-7-23-16(15)24-8-9-25-17(28)14-5-3-13(4-6-14)10-27-12-22-11-26-27/h1-7,11-12H,8-10H2,(H,23,24)(H,25,28). The molecule has 0 saturated carbocycles. The van der Waals surface area contributed by atoms with Crippen molar-refractivity contribution in [3.05, 3.63) is 71.9 Å². The number of aromatic nitrogens is 4. The number of nitrogens with zero attached hydrogens (tertiary/aromatic N) is 4. The summed E-state index contributed by atoms with van der Waals surface area (Å²) in [6.07, 6.45) is -0.178. The summed E-state index contributed by atoms with van der Waals surface area (Å²) in [5.41, 5.74) is 0.569. The van der Waals surface area contributed by atoms with Gasteiger partial charge < -0.3 is 10.6 Å². The monoisotopic (exact) mass is 390 g/mol. The molecule has 0 aliphatic heterocycles. The van der Waals surface area contributed by atoms with E-state index in [0.29, 0.717) is 12.1 Å². The second-order valence-electron chi connectivity index (χ2n) is 5.87. The zero-order valence-corrected chi connectivity index (χ0v) is 14.6. The first-order chi connectivity index (χ1) is 13.4. The Morgan fingerprint density at radius 2 is 1.89 bits per heavy atom. The highest BCUT2D eigenvalue weighted by atomic mass is 19.4. The third-order valence-electron chi connectivity index (χ3n) is 3.84. The number of amides is 1. The van der Waals surface area contributed by atoms with Gasteiger partial charge in [-0.3, -0.25) is 4.79 Å². The maximum Gasteiger partial charge on any atom is 0.419 e. The Kier molecular flexibility index (Phi) is 5.87. The van der Waals surface area contributed by atoms with E-state index in [0.717, 1.165) is 11.6 Å². The van der Waals surface area contributed by atoms with Crippen LogP contribution in [0.3, 0.4) is 0 Å². The number of anilines is 1. The summed E-state index contributed by atoms with van der Waals surface area (Å²) in [4.78, 5) is 19.7. The van der Waals surface area contributed by atoms with E-state index >= 15 is 0 Å². The zero-order valence-electron chi connectivity index (χ0n) is 14.6. The van der Waals surface area contributed by atoms with Gasteiger partial charge in [-0.15, -0.1) is 0 Å².